The summed E-state index contributed by atoms with van der Waals surface area (Å²) in [4.78, 5) is 8.49. The highest BCUT2D eigenvalue weighted by atomic mass is 35.5. The number of nitrogens with one attached hydrogen (secondary N) is 1. The number of hydrogen-bond acceptors (Lipinski definition) is 4. The smallest absolute Gasteiger partial charge is 0.223 e. The number of anilines is 1. The summed E-state index contributed by atoms with van der Waals surface area (Å²) in [6.45, 7) is 3.45. The molecule has 0 amide bonds. The molecule has 0 aromatic carbocycles. The molecule has 1 aliphatic heterocycles. The minimum absolute atomic E-state index is 0.116. The number of hydrogen-bond donors (Lipinski definition) is 1. The van der Waals surface area contributed by atoms with Crippen LogP contribution in [0.2, 0.25) is 0 Å². The van der Waals surface area contributed by atoms with Gasteiger partial charge in [-0.3, -0.25) is 0 Å². The minimum Gasteiger partial charge on any atom is -0.381 e. The number of nitrogens with zero attached hydrogens (tertiary/aromatic N) is 2. The van der Waals surface area contributed by atoms with Gasteiger partial charge in [-0.25, -0.2) is 9.97 Å². The molecule has 0 spiro atoms. The standard InChI is InChI=1S/C11H16ClN3O/c1-9-6-13-10(14-7-9)15-11(8-12)2-4-16-5-3-11/h6-7H,2-5,8H2,1H3,(H,13,14,15). The van der Waals surface area contributed by atoms with Gasteiger partial charge in [0.15, 0.2) is 0 Å². The maximum absolute atomic E-state index is 6.04. The van der Waals surface area contributed by atoms with Crippen LogP contribution < -0.4 is 5.32 Å². The lowest BCUT2D eigenvalue weighted by atomic mass is 9.92. The molecule has 1 aliphatic rings. The van der Waals surface area contributed by atoms with Crippen molar-refractivity contribution >= 4 is 17.5 Å². The third kappa shape index (κ3) is 2.62. The lowest BCUT2D eigenvalue weighted by Crippen LogP contribution is -2.45. The van der Waals surface area contributed by atoms with Gasteiger partial charge in [0.05, 0.1) is 5.54 Å². The van der Waals surface area contributed by atoms with Crippen LogP contribution >= 0.6 is 11.6 Å². The predicted molar refractivity (Wildman–Crippen MR) is 63.9 cm³/mol. The molecular formula is C11H16ClN3O. The van der Waals surface area contributed by atoms with E-state index >= 15 is 0 Å². The quantitative estimate of drug-likeness (QED) is 0.823. The normalized spacial score (nSPS) is 19.4. The molecule has 1 N–H and O–H groups in total. The van der Waals surface area contributed by atoms with Crippen molar-refractivity contribution in [1.82, 2.24) is 9.97 Å². The van der Waals surface area contributed by atoms with Crippen LogP contribution in [0.4, 0.5) is 5.95 Å². The lowest BCUT2D eigenvalue weighted by Gasteiger charge is -2.36. The largest absolute Gasteiger partial charge is 0.381 e. The van der Waals surface area contributed by atoms with Crippen LogP contribution in [-0.2, 0) is 4.74 Å². The summed E-state index contributed by atoms with van der Waals surface area (Å²) >= 11 is 6.04. The zero-order chi connectivity index (χ0) is 11.4. The van der Waals surface area contributed by atoms with Crippen molar-refractivity contribution < 1.29 is 4.74 Å². The van der Waals surface area contributed by atoms with Gasteiger partial charge < -0.3 is 10.1 Å². The molecule has 16 heavy (non-hydrogen) atoms. The molecule has 0 aliphatic carbocycles. The monoisotopic (exact) mass is 241 g/mol. The van der Waals surface area contributed by atoms with E-state index in [1.165, 1.54) is 0 Å². The van der Waals surface area contributed by atoms with Gasteiger partial charge in [-0.2, -0.15) is 0 Å². The minimum atomic E-state index is -0.116. The molecule has 1 aromatic heterocycles. The fraction of sp³-hybridized carbons (Fsp3) is 0.636. The lowest BCUT2D eigenvalue weighted by molar-refractivity contribution is 0.0665. The Balaban J connectivity index is 2.08. The topological polar surface area (TPSA) is 47.0 Å². The van der Waals surface area contributed by atoms with Gasteiger partial charge in [0, 0.05) is 31.5 Å². The molecule has 0 atom stereocenters. The van der Waals surface area contributed by atoms with E-state index in [2.05, 4.69) is 15.3 Å². The second-order valence-electron chi connectivity index (χ2n) is 4.24. The Morgan fingerprint density at radius 3 is 2.56 bits per heavy atom. The fourth-order valence-electron chi connectivity index (χ4n) is 1.75. The average molecular weight is 242 g/mol. The Morgan fingerprint density at radius 2 is 2.00 bits per heavy atom. The zero-order valence-electron chi connectivity index (χ0n) is 9.37. The van der Waals surface area contributed by atoms with E-state index in [0.29, 0.717) is 11.8 Å². The third-order valence-corrected chi connectivity index (χ3v) is 3.38. The highest BCUT2D eigenvalue weighted by Crippen LogP contribution is 2.25. The van der Waals surface area contributed by atoms with Gasteiger partial charge in [-0.15, -0.1) is 11.6 Å². The van der Waals surface area contributed by atoms with Crippen LogP contribution in [0, 0.1) is 6.92 Å². The molecule has 1 fully saturated rings. The van der Waals surface area contributed by atoms with Crippen LogP contribution in [0.15, 0.2) is 12.4 Å². The second kappa shape index (κ2) is 4.97. The highest BCUT2D eigenvalue weighted by molar-refractivity contribution is 6.18. The molecule has 0 unspecified atom stereocenters. The highest BCUT2D eigenvalue weighted by Gasteiger charge is 2.32. The molecule has 2 rings (SSSR count). The van der Waals surface area contributed by atoms with Gasteiger partial charge in [-0.05, 0) is 25.3 Å². The van der Waals surface area contributed by atoms with Crippen molar-refractivity contribution in [3.63, 3.8) is 0 Å². The Labute approximate surface area is 100 Å². The van der Waals surface area contributed by atoms with Crippen molar-refractivity contribution in [2.75, 3.05) is 24.4 Å². The Hall–Kier alpha value is -0.870. The van der Waals surface area contributed by atoms with Crippen LogP contribution in [0.5, 0.6) is 0 Å². The van der Waals surface area contributed by atoms with Crippen molar-refractivity contribution in [2.45, 2.75) is 25.3 Å². The van der Waals surface area contributed by atoms with Crippen molar-refractivity contribution in [1.29, 1.82) is 0 Å². The van der Waals surface area contributed by atoms with E-state index in [4.69, 9.17) is 16.3 Å². The van der Waals surface area contributed by atoms with E-state index in [9.17, 15) is 0 Å². The number of rotatable bonds is 3. The summed E-state index contributed by atoms with van der Waals surface area (Å²) < 4.78 is 5.34. The first-order valence-corrected chi connectivity index (χ1v) is 5.98. The van der Waals surface area contributed by atoms with Gasteiger partial charge in [0.25, 0.3) is 0 Å². The summed E-state index contributed by atoms with van der Waals surface area (Å²) in [5.41, 5.74) is 0.937. The van der Waals surface area contributed by atoms with Crippen LogP contribution in [0.25, 0.3) is 0 Å². The zero-order valence-corrected chi connectivity index (χ0v) is 10.1. The first kappa shape index (κ1) is 11.6. The van der Waals surface area contributed by atoms with Crippen LogP contribution in [0.3, 0.4) is 0 Å². The first-order chi connectivity index (χ1) is 7.74. The summed E-state index contributed by atoms with van der Waals surface area (Å²) in [7, 11) is 0. The first-order valence-electron chi connectivity index (χ1n) is 5.45. The van der Waals surface area contributed by atoms with Gasteiger partial charge in [-0.1, -0.05) is 0 Å². The molecular weight excluding hydrogens is 226 g/mol. The third-order valence-electron chi connectivity index (χ3n) is 2.86. The predicted octanol–water partition coefficient (Wildman–Crippen LogP) is 1.98. The Kier molecular flexibility index (Phi) is 3.61. The molecule has 0 bridgehead atoms. The number of ether oxygens (including phenoxy) is 1. The van der Waals surface area contributed by atoms with Crippen molar-refractivity contribution in [2.24, 2.45) is 0 Å². The van der Waals surface area contributed by atoms with E-state index in [0.717, 1.165) is 31.6 Å². The number of aromatic nitrogens is 2. The molecule has 2 heterocycles. The average Bonchev–Trinajstić information content (AvgIpc) is 2.33. The van der Waals surface area contributed by atoms with E-state index in [1.807, 2.05) is 6.92 Å². The summed E-state index contributed by atoms with van der Waals surface area (Å²) in [5.74, 6) is 1.20. The van der Waals surface area contributed by atoms with Crippen molar-refractivity contribution in [3.05, 3.63) is 18.0 Å². The number of halogens is 1. The van der Waals surface area contributed by atoms with E-state index in [1.54, 1.807) is 12.4 Å². The fourth-order valence-corrected chi connectivity index (χ4v) is 2.08. The van der Waals surface area contributed by atoms with Crippen LogP contribution in [-0.4, -0.2) is 34.6 Å². The number of alkyl halides is 1. The molecule has 1 aromatic rings. The summed E-state index contributed by atoms with van der Waals surface area (Å²) in [5, 5.41) is 3.34. The van der Waals surface area contributed by atoms with Crippen LogP contribution in [0.1, 0.15) is 18.4 Å². The molecule has 0 saturated carbocycles. The maximum atomic E-state index is 6.04. The Morgan fingerprint density at radius 1 is 1.38 bits per heavy atom. The molecule has 0 radical (unpaired) electrons. The molecule has 4 nitrogen and oxygen atoms in total. The summed E-state index contributed by atoms with van der Waals surface area (Å²) in [6, 6.07) is 0. The van der Waals surface area contributed by atoms with Crippen molar-refractivity contribution in [3.8, 4) is 0 Å². The van der Waals surface area contributed by atoms with Gasteiger partial charge in [0.2, 0.25) is 5.95 Å². The van der Waals surface area contributed by atoms with E-state index in [-0.39, 0.29) is 5.54 Å². The summed E-state index contributed by atoms with van der Waals surface area (Å²) in [6.07, 6.45) is 5.40. The van der Waals surface area contributed by atoms with Gasteiger partial charge >= 0.3 is 0 Å². The molecule has 1 saturated heterocycles. The van der Waals surface area contributed by atoms with E-state index < -0.39 is 0 Å². The number of aryl methyl sites for hydroxylation is 1. The maximum Gasteiger partial charge on any atom is 0.223 e. The van der Waals surface area contributed by atoms with Gasteiger partial charge in [0.1, 0.15) is 0 Å². The second-order valence-corrected chi connectivity index (χ2v) is 4.50. The SMILES string of the molecule is Cc1cnc(NC2(CCl)CCOCC2)nc1. The molecule has 88 valence electrons. The molecule has 5 heteroatoms. The Bertz CT molecular complexity index is 336.